The summed E-state index contributed by atoms with van der Waals surface area (Å²) in [5, 5.41) is 17.7. The maximum Gasteiger partial charge on any atom is 0.263 e. The molecule has 1 saturated carbocycles. The number of aryl methyl sites for hydroxylation is 2. The van der Waals surface area contributed by atoms with Gasteiger partial charge in [0.2, 0.25) is 0 Å². The molecule has 3 rings (SSSR count). The number of nitrogens with one attached hydrogen (secondary N) is 1. The molecule has 2 unspecified atom stereocenters. The van der Waals surface area contributed by atoms with E-state index in [-0.39, 0.29) is 24.0 Å². The van der Waals surface area contributed by atoms with E-state index in [2.05, 4.69) is 15.4 Å². The minimum absolute atomic E-state index is 0.0170. The topological polar surface area (TPSA) is 80.0 Å². The van der Waals surface area contributed by atoms with Crippen molar-refractivity contribution in [1.82, 2.24) is 20.1 Å². The number of nitrogens with zero attached hydrogens (tertiary/aromatic N) is 3. The number of hydrogen-bond donors (Lipinski definition) is 2. The first-order valence-electron chi connectivity index (χ1n) is 7.81. The number of carbonyl (C=O) groups is 1. The summed E-state index contributed by atoms with van der Waals surface area (Å²) in [4.78, 5) is 17.8. The number of thiazole rings is 1. The first kappa shape index (κ1) is 16.1. The minimum atomic E-state index is -0.222. The summed E-state index contributed by atoms with van der Waals surface area (Å²) in [6.45, 7) is 3.98. The first-order chi connectivity index (χ1) is 10.9. The Morgan fingerprint density at radius 3 is 3.04 bits per heavy atom. The standard InChI is InChI=1S/C16H22N4O2S/c1-10-13(23-15(18-10)11-7-17-20(3)8-11)14(22)19-12-5-4-6-16(12,2)9-21/h7-8,12,21H,4-6,9H2,1-3H3,(H,19,22). The smallest absolute Gasteiger partial charge is 0.263 e. The number of hydrogen-bond acceptors (Lipinski definition) is 5. The van der Waals surface area contributed by atoms with Gasteiger partial charge in [-0.1, -0.05) is 13.3 Å². The Kier molecular flexibility index (Phi) is 4.25. The molecule has 6 nitrogen and oxygen atoms in total. The van der Waals surface area contributed by atoms with Crippen LogP contribution in [0.3, 0.4) is 0 Å². The second-order valence-electron chi connectivity index (χ2n) is 6.57. The van der Waals surface area contributed by atoms with Gasteiger partial charge in [0.05, 0.1) is 18.5 Å². The molecule has 0 aromatic carbocycles. The van der Waals surface area contributed by atoms with Crippen LogP contribution >= 0.6 is 11.3 Å². The van der Waals surface area contributed by atoms with Crippen LogP contribution in [0.5, 0.6) is 0 Å². The predicted octanol–water partition coefficient (Wildman–Crippen LogP) is 2.13. The average molecular weight is 334 g/mol. The van der Waals surface area contributed by atoms with Crippen molar-refractivity contribution < 1.29 is 9.90 Å². The van der Waals surface area contributed by atoms with Crippen molar-refractivity contribution in [1.29, 1.82) is 0 Å². The summed E-state index contributed by atoms with van der Waals surface area (Å²) in [5.41, 5.74) is 1.43. The lowest BCUT2D eigenvalue weighted by Crippen LogP contribution is -2.44. The van der Waals surface area contributed by atoms with Crippen molar-refractivity contribution in [2.75, 3.05) is 6.61 Å². The van der Waals surface area contributed by atoms with Crippen LogP contribution in [0.15, 0.2) is 12.4 Å². The normalized spacial score (nSPS) is 24.1. The molecule has 0 bridgehead atoms. The van der Waals surface area contributed by atoms with Crippen LogP contribution in [0.2, 0.25) is 0 Å². The van der Waals surface area contributed by atoms with Crippen LogP contribution in [0.25, 0.3) is 10.6 Å². The van der Waals surface area contributed by atoms with Gasteiger partial charge in [-0.3, -0.25) is 9.48 Å². The predicted molar refractivity (Wildman–Crippen MR) is 89.4 cm³/mol. The summed E-state index contributed by atoms with van der Waals surface area (Å²) in [5.74, 6) is -0.0956. The van der Waals surface area contributed by atoms with E-state index in [0.29, 0.717) is 4.88 Å². The van der Waals surface area contributed by atoms with Gasteiger partial charge in [0.1, 0.15) is 9.88 Å². The Morgan fingerprint density at radius 1 is 1.61 bits per heavy atom. The summed E-state index contributed by atoms with van der Waals surface area (Å²) >= 11 is 1.39. The highest BCUT2D eigenvalue weighted by Crippen LogP contribution is 2.38. The minimum Gasteiger partial charge on any atom is -0.396 e. The second-order valence-corrected chi connectivity index (χ2v) is 7.57. The molecule has 2 heterocycles. The molecule has 7 heteroatoms. The molecule has 0 spiro atoms. The Hall–Kier alpha value is -1.73. The molecule has 1 aliphatic carbocycles. The van der Waals surface area contributed by atoms with E-state index >= 15 is 0 Å². The van der Waals surface area contributed by atoms with Gasteiger partial charge >= 0.3 is 0 Å². The van der Waals surface area contributed by atoms with Gasteiger partial charge in [0.15, 0.2) is 0 Å². The van der Waals surface area contributed by atoms with Crippen molar-refractivity contribution >= 4 is 17.2 Å². The van der Waals surface area contributed by atoms with Crippen molar-refractivity contribution in [3.63, 3.8) is 0 Å². The Morgan fingerprint density at radius 2 is 2.39 bits per heavy atom. The van der Waals surface area contributed by atoms with Gasteiger partial charge in [0, 0.05) is 30.3 Å². The van der Waals surface area contributed by atoms with Crippen LogP contribution in [0.1, 0.15) is 41.6 Å². The fourth-order valence-corrected chi connectivity index (χ4v) is 4.10. The number of amides is 1. The second kappa shape index (κ2) is 6.05. The van der Waals surface area contributed by atoms with Crippen molar-refractivity contribution in [3.8, 4) is 10.6 Å². The molecule has 2 aromatic heterocycles. The van der Waals surface area contributed by atoms with E-state index in [1.807, 2.05) is 27.1 Å². The average Bonchev–Trinajstić information content (AvgIpc) is 3.20. The summed E-state index contributed by atoms with van der Waals surface area (Å²) in [6.07, 6.45) is 6.53. The molecule has 2 N–H and O–H groups in total. The monoisotopic (exact) mass is 334 g/mol. The van der Waals surface area contributed by atoms with Crippen LogP contribution in [0, 0.1) is 12.3 Å². The lowest BCUT2D eigenvalue weighted by atomic mass is 9.86. The molecule has 1 aliphatic rings. The number of aromatic nitrogens is 3. The van der Waals surface area contributed by atoms with Crippen molar-refractivity contribution in [2.45, 2.75) is 39.2 Å². The fraction of sp³-hybridized carbons (Fsp3) is 0.562. The summed E-state index contributed by atoms with van der Waals surface area (Å²) < 4.78 is 1.72. The number of rotatable bonds is 4. The number of aliphatic hydroxyl groups excluding tert-OH is 1. The molecule has 124 valence electrons. The first-order valence-corrected chi connectivity index (χ1v) is 8.63. The van der Waals surface area contributed by atoms with Gasteiger partial charge in [0.25, 0.3) is 5.91 Å². The lowest BCUT2D eigenvalue weighted by Gasteiger charge is -2.29. The van der Waals surface area contributed by atoms with Gasteiger partial charge in [-0.15, -0.1) is 11.3 Å². The molecule has 2 atom stereocenters. The van der Waals surface area contributed by atoms with Crippen LogP contribution in [-0.2, 0) is 7.05 Å². The molecule has 0 radical (unpaired) electrons. The third kappa shape index (κ3) is 3.03. The van der Waals surface area contributed by atoms with Gasteiger partial charge in [-0.2, -0.15) is 5.10 Å². The summed E-state index contributed by atoms with van der Waals surface area (Å²) in [7, 11) is 1.85. The number of carbonyl (C=O) groups excluding carboxylic acids is 1. The van der Waals surface area contributed by atoms with E-state index in [0.717, 1.165) is 35.5 Å². The van der Waals surface area contributed by atoms with Gasteiger partial charge in [-0.05, 0) is 19.8 Å². The molecule has 0 saturated heterocycles. The summed E-state index contributed by atoms with van der Waals surface area (Å²) in [6, 6.07) is 0.0170. The van der Waals surface area contributed by atoms with E-state index in [1.165, 1.54) is 11.3 Å². The van der Waals surface area contributed by atoms with Crippen LogP contribution < -0.4 is 5.32 Å². The van der Waals surface area contributed by atoms with E-state index in [1.54, 1.807) is 10.9 Å². The van der Waals surface area contributed by atoms with Crippen molar-refractivity contribution in [2.24, 2.45) is 12.5 Å². The zero-order chi connectivity index (χ0) is 16.6. The largest absolute Gasteiger partial charge is 0.396 e. The highest BCUT2D eigenvalue weighted by atomic mass is 32.1. The molecule has 1 fully saturated rings. The molecular formula is C16H22N4O2S. The maximum absolute atomic E-state index is 12.6. The molecule has 2 aromatic rings. The van der Waals surface area contributed by atoms with E-state index < -0.39 is 0 Å². The highest BCUT2D eigenvalue weighted by Gasteiger charge is 2.39. The molecule has 0 aliphatic heterocycles. The van der Waals surface area contributed by atoms with Crippen molar-refractivity contribution in [3.05, 3.63) is 23.0 Å². The van der Waals surface area contributed by atoms with Gasteiger partial charge in [-0.25, -0.2) is 4.98 Å². The fourth-order valence-electron chi connectivity index (χ4n) is 3.15. The molecular weight excluding hydrogens is 312 g/mol. The highest BCUT2D eigenvalue weighted by molar-refractivity contribution is 7.17. The lowest BCUT2D eigenvalue weighted by molar-refractivity contribution is 0.0833. The Labute approximate surface area is 139 Å². The number of aliphatic hydroxyl groups is 1. The quantitative estimate of drug-likeness (QED) is 0.898. The third-order valence-corrected chi connectivity index (χ3v) is 5.91. The Balaban J connectivity index is 1.79. The van der Waals surface area contributed by atoms with E-state index in [4.69, 9.17) is 0 Å². The van der Waals surface area contributed by atoms with Gasteiger partial charge < -0.3 is 10.4 Å². The van der Waals surface area contributed by atoms with E-state index in [9.17, 15) is 9.90 Å². The maximum atomic E-state index is 12.6. The molecule has 23 heavy (non-hydrogen) atoms. The Bertz CT molecular complexity index is 723. The van der Waals surface area contributed by atoms with Crippen LogP contribution in [0.4, 0.5) is 0 Å². The zero-order valence-electron chi connectivity index (χ0n) is 13.7. The van der Waals surface area contributed by atoms with Crippen LogP contribution in [-0.4, -0.2) is 38.4 Å². The SMILES string of the molecule is Cc1nc(-c2cnn(C)c2)sc1C(=O)NC1CCCC1(C)CO. The zero-order valence-corrected chi connectivity index (χ0v) is 14.5. The third-order valence-electron chi connectivity index (χ3n) is 4.70. The molecule has 1 amide bonds.